The second-order valence-corrected chi connectivity index (χ2v) is 2.86. The summed E-state index contributed by atoms with van der Waals surface area (Å²) in [6, 6.07) is 4.18. The molecule has 82 valence electrons. The first-order valence-corrected chi connectivity index (χ1v) is 4.59. The van der Waals surface area contributed by atoms with E-state index in [2.05, 4.69) is 10.1 Å². The monoisotopic (exact) mass is 212 g/mol. The van der Waals surface area contributed by atoms with Crippen LogP contribution in [0.4, 0.5) is 14.9 Å². The third-order valence-corrected chi connectivity index (χ3v) is 1.79. The number of rotatable bonds is 3. The fourth-order valence-corrected chi connectivity index (χ4v) is 1.09. The van der Waals surface area contributed by atoms with Crippen molar-refractivity contribution in [1.29, 1.82) is 0 Å². The average Bonchev–Trinajstić information content (AvgIpc) is 2.21. The molecule has 1 amide bonds. The van der Waals surface area contributed by atoms with Crippen molar-refractivity contribution in [1.82, 2.24) is 0 Å². The summed E-state index contributed by atoms with van der Waals surface area (Å²) in [7, 11) is 0. The van der Waals surface area contributed by atoms with E-state index in [1.807, 2.05) is 0 Å². The van der Waals surface area contributed by atoms with Crippen LogP contribution in [0.2, 0.25) is 0 Å². The van der Waals surface area contributed by atoms with Gasteiger partial charge in [-0.1, -0.05) is 0 Å². The summed E-state index contributed by atoms with van der Waals surface area (Å²) in [5.41, 5.74) is 6.14. The minimum Gasteiger partial charge on any atom is -0.450 e. The van der Waals surface area contributed by atoms with Gasteiger partial charge in [-0.3, -0.25) is 5.32 Å². The first-order chi connectivity index (χ1) is 7.17. The molecule has 0 unspecified atom stereocenters. The fraction of sp³-hybridized carbons (Fsp3) is 0.300. The molecular formula is C10H13FN2O2. The zero-order chi connectivity index (χ0) is 11.3. The smallest absolute Gasteiger partial charge is 0.411 e. The maximum atomic E-state index is 13.0. The van der Waals surface area contributed by atoms with Crippen LogP contribution in [0.15, 0.2) is 18.2 Å². The molecule has 4 nitrogen and oxygen atoms in total. The highest BCUT2D eigenvalue weighted by molar-refractivity contribution is 5.84. The van der Waals surface area contributed by atoms with Crippen LogP contribution in [0.5, 0.6) is 0 Å². The summed E-state index contributed by atoms with van der Waals surface area (Å²) in [6.07, 6.45) is -0.563. The van der Waals surface area contributed by atoms with Gasteiger partial charge in [0.05, 0.1) is 6.61 Å². The Kier molecular flexibility index (Phi) is 4.05. The molecule has 0 atom stereocenters. The van der Waals surface area contributed by atoms with E-state index < -0.39 is 6.09 Å². The van der Waals surface area contributed by atoms with Crippen LogP contribution < -0.4 is 11.1 Å². The van der Waals surface area contributed by atoms with Crippen molar-refractivity contribution in [2.24, 2.45) is 5.73 Å². The van der Waals surface area contributed by atoms with E-state index in [0.29, 0.717) is 11.3 Å². The predicted molar refractivity (Wildman–Crippen MR) is 54.9 cm³/mol. The van der Waals surface area contributed by atoms with Crippen molar-refractivity contribution in [2.45, 2.75) is 13.5 Å². The number of ether oxygens (including phenoxy) is 1. The molecule has 0 fully saturated rings. The number of nitrogens with two attached hydrogens (primary N) is 1. The molecule has 0 aliphatic heterocycles. The van der Waals surface area contributed by atoms with Gasteiger partial charge in [-0.2, -0.15) is 0 Å². The second kappa shape index (κ2) is 5.31. The highest BCUT2D eigenvalue weighted by Crippen LogP contribution is 2.14. The van der Waals surface area contributed by atoms with Gasteiger partial charge in [0.15, 0.2) is 0 Å². The molecule has 0 aliphatic rings. The zero-order valence-corrected chi connectivity index (χ0v) is 8.42. The maximum Gasteiger partial charge on any atom is 0.411 e. The molecule has 0 saturated carbocycles. The predicted octanol–water partition coefficient (Wildman–Crippen LogP) is 1.85. The maximum absolute atomic E-state index is 13.0. The average molecular weight is 212 g/mol. The summed E-state index contributed by atoms with van der Waals surface area (Å²) in [6.45, 7) is 2.08. The number of carbonyl (C=O) groups excluding carboxylic acids is 1. The van der Waals surface area contributed by atoms with Gasteiger partial charge < -0.3 is 10.5 Å². The van der Waals surface area contributed by atoms with E-state index in [1.165, 1.54) is 18.2 Å². The molecule has 3 N–H and O–H groups in total. The van der Waals surface area contributed by atoms with Gasteiger partial charge >= 0.3 is 6.09 Å². The van der Waals surface area contributed by atoms with Crippen LogP contribution >= 0.6 is 0 Å². The summed E-state index contributed by atoms with van der Waals surface area (Å²) in [4.78, 5) is 11.0. The highest BCUT2D eigenvalue weighted by atomic mass is 19.1. The molecule has 0 saturated heterocycles. The van der Waals surface area contributed by atoms with Crippen LogP contribution in [0.1, 0.15) is 12.5 Å². The van der Waals surface area contributed by atoms with Crippen molar-refractivity contribution in [3.8, 4) is 0 Å². The molecule has 1 aromatic rings. The van der Waals surface area contributed by atoms with Crippen LogP contribution in [-0.4, -0.2) is 12.7 Å². The number of anilines is 1. The van der Waals surface area contributed by atoms with Gasteiger partial charge in [0.1, 0.15) is 5.82 Å². The van der Waals surface area contributed by atoms with Gasteiger partial charge in [-0.25, -0.2) is 9.18 Å². The third kappa shape index (κ3) is 3.21. The Bertz CT molecular complexity index is 355. The topological polar surface area (TPSA) is 64.3 Å². The number of carbonyl (C=O) groups is 1. The van der Waals surface area contributed by atoms with Crippen molar-refractivity contribution >= 4 is 11.8 Å². The molecule has 0 radical (unpaired) electrons. The lowest BCUT2D eigenvalue weighted by molar-refractivity contribution is 0.168. The molecule has 0 aromatic heterocycles. The Balaban J connectivity index is 2.74. The Hall–Kier alpha value is -1.62. The van der Waals surface area contributed by atoms with Crippen molar-refractivity contribution < 1.29 is 13.9 Å². The van der Waals surface area contributed by atoms with Gasteiger partial charge in [0.2, 0.25) is 0 Å². The van der Waals surface area contributed by atoms with E-state index in [1.54, 1.807) is 6.92 Å². The number of benzene rings is 1. The van der Waals surface area contributed by atoms with Crippen molar-refractivity contribution in [3.05, 3.63) is 29.6 Å². The molecule has 5 heteroatoms. The summed E-state index contributed by atoms with van der Waals surface area (Å²) < 4.78 is 17.7. The lowest BCUT2D eigenvalue weighted by atomic mass is 10.2. The normalized spacial score (nSPS) is 9.80. The Morgan fingerprint density at radius 2 is 2.33 bits per heavy atom. The van der Waals surface area contributed by atoms with Gasteiger partial charge in [-0.15, -0.1) is 0 Å². The van der Waals surface area contributed by atoms with Crippen molar-refractivity contribution in [3.63, 3.8) is 0 Å². The Labute approximate surface area is 87.2 Å². The standard InChI is InChI=1S/C10H13FN2O2/c1-2-15-10(14)13-8-3-4-9(11)7(5-8)6-12/h3-5H,2,6,12H2,1H3,(H,13,14). The van der Waals surface area contributed by atoms with Crippen LogP contribution in [0.25, 0.3) is 0 Å². The number of hydrogen-bond acceptors (Lipinski definition) is 3. The lowest BCUT2D eigenvalue weighted by Crippen LogP contribution is -2.13. The van der Waals surface area contributed by atoms with E-state index in [9.17, 15) is 9.18 Å². The summed E-state index contributed by atoms with van der Waals surface area (Å²) >= 11 is 0. The van der Waals surface area contributed by atoms with Crippen molar-refractivity contribution in [2.75, 3.05) is 11.9 Å². The lowest BCUT2D eigenvalue weighted by Gasteiger charge is -2.07. The molecule has 0 heterocycles. The van der Waals surface area contributed by atoms with Crippen LogP contribution in [-0.2, 0) is 11.3 Å². The van der Waals surface area contributed by atoms with E-state index >= 15 is 0 Å². The molecule has 15 heavy (non-hydrogen) atoms. The number of nitrogens with one attached hydrogen (secondary N) is 1. The molecule has 0 aliphatic carbocycles. The Morgan fingerprint density at radius 3 is 2.93 bits per heavy atom. The van der Waals surface area contributed by atoms with E-state index in [-0.39, 0.29) is 19.0 Å². The van der Waals surface area contributed by atoms with Gasteiger partial charge in [-0.05, 0) is 25.1 Å². The molecule has 0 bridgehead atoms. The minimum absolute atomic E-state index is 0.0875. The zero-order valence-electron chi connectivity index (χ0n) is 8.42. The first kappa shape index (κ1) is 11.5. The SMILES string of the molecule is CCOC(=O)Nc1ccc(F)c(CN)c1. The fourth-order valence-electron chi connectivity index (χ4n) is 1.09. The van der Waals surface area contributed by atoms with Crippen LogP contribution in [0.3, 0.4) is 0 Å². The highest BCUT2D eigenvalue weighted by Gasteiger charge is 2.05. The van der Waals surface area contributed by atoms with Gasteiger partial charge in [0.25, 0.3) is 0 Å². The number of hydrogen-bond donors (Lipinski definition) is 2. The molecule has 1 aromatic carbocycles. The quantitative estimate of drug-likeness (QED) is 0.803. The molecule has 0 spiro atoms. The van der Waals surface area contributed by atoms with E-state index in [0.717, 1.165) is 0 Å². The van der Waals surface area contributed by atoms with Gasteiger partial charge in [0, 0.05) is 17.8 Å². The van der Waals surface area contributed by atoms with Crippen LogP contribution in [0, 0.1) is 5.82 Å². The van der Waals surface area contributed by atoms with E-state index in [4.69, 9.17) is 5.73 Å². The Morgan fingerprint density at radius 1 is 1.60 bits per heavy atom. The third-order valence-electron chi connectivity index (χ3n) is 1.79. The first-order valence-electron chi connectivity index (χ1n) is 4.59. The molecular weight excluding hydrogens is 199 g/mol. The minimum atomic E-state index is -0.563. The number of amides is 1. The largest absolute Gasteiger partial charge is 0.450 e. The number of halogens is 1. The summed E-state index contributed by atoms with van der Waals surface area (Å²) in [5.74, 6) is -0.382. The summed E-state index contributed by atoms with van der Waals surface area (Å²) in [5, 5.41) is 2.46. The molecule has 1 rings (SSSR count). The second-order valence-electron chi connectivity index (χ2n) is 2.86.